The van der Waals surface area contributed by atoms with Crippen molar-refractivity contribution in [3.05, 3.63) is 30.3 Å². The number of rotatable bonds is 1. The van der Waals surface area contributed by atoms with E-state index in [0.717, 1.165) is 31.6 Å². The van der Waals surface area contributed by atoms with Gasteiger partial charge in [-0.3, -0.25) is 4.79 Å². The number of nitrogens with one attached hydrogen (secondary N) is 1. The predicted octanol–water partition coefficient (Wildman–Crippen LogP) is 1.04. The number of carbonyl (C=O) groups excluding carboxylic acids is 1. The lowest BCUT2D eigenvalue weighted by atomic mass is 9.86. The van der Waals surface area contributed by atoms with Crippen LogP contribution in [-0.4, -0.2) is 43.2 Å². The Morgan fingerprint density at radius 3 is 2.50 bits per heavy atom. The summed E-state index contributed by atoms with van der Waals surface area (Å²) in [4.78, 5) is 16.6. The summed E-state index contributed by atoms with van der Waals surface area (Å²) in [6.45, 7) is 2.54. The first-order chi connectivity index (χ1) is 8.74. The molecule has 2 aliphatic heterocycles. The molecule has 2 heterocycles. The number of hydrogen-bond acceptors (Lipinski definition) is 3. The van der Waals surface area contributed by atoms with E-state index in [4.69, 9.17) is 0 Å². The Bertz CT molecular complexity index is 440. The van der Waals surface area contributed by atoms with Gasteiger partial charge in [-0.2, -0.15) is 0 Å². The topological polar surface area (TPSA) is 35.6 Å². The van der Waals surface area contributed by atoms with Gasteiger partial charge in [0.25, 0.3) is 0 Å². The van der Waals surface area contributed by atoms with Gasteiger partial charge in [-0.25, -0.2) is 0 Å². The molecule has 18 heavy (non-hydrogen) atoms. The van der Waals surface area contributed by atoms with Crippen LogP contribution in [0.4, 0.5) is 5.69 Å². The molecular weight excluding hydrogens is 226 g/mol. The molecule has 4 heteroatoms. The average Bonchev–Trinajstić information content (AvgIpc) is 2.66. The second-order valence-electron chi connectivity index (χ2n) is 5.19. The highest BCUT2D eigenvalue weighted by Crippen LogP contribution is 2.37. The van der Waals surface area contributed by atoms with Crippen LogP contribution >= 0.6 is 0 Å². The monoisotopic (exact) mass is 245 g/mol. The summed E-state index contributed by atoms with van der Waals surface area (Å²) in [5.74, 6) is 0.271. The minimum absolute atomic E-state index is 0.271. The van der Waals surface area contributed by atoms with Gasteiger partial charge in [-0.05, 0) is 38.1 Å². The number of anilines is 1. The number of piperidine rings is 1. The number of hydrogen-bond donors (Lipinski definition) is 1. The van der Waals surface area contributed by atoms with Crippen molar-refractivity contribution in [2.45, 2.75) is 18.4 Å². The molecule has 0 aromatic heterocycles. The lowest BCUT2D eigenvalue weighted by molar-refractivity contribution is -0.131. The summed E-state index contributed by atoms with van der Waals surface area (Å²) in [7, 11) is 1.90. The Morgan fingerprint density at radius 2 is 1.83 bits per heavy atom. The third-order valence-electron chi connectivity index (χ3n) is 4.11. The number of amides is 1. The van der Waals surface area contributed by atoms with Crippen molar-refractivity contribution in [3.63, 3.8) is 0 Å². The molecule has 0 unspecified atom stereocenters. The van der Waals surface area contributed by atoms with Crippen LogP contribution in [0.1, 0.15) is 12.8 Å². The van der Waals surface area contributed by atoms with Crippen molar-refractivity contribution in [2.75, 3.05) is 31.7 Å². The second-order valence-corrected chi connectivity index (χ2v) is 5.19. The average molecular weight is 245 g/mol. The molecule has 0 aliphatic carbocycles. The third kappa shape index (κ3) is 1.60. The lowest BCUT2D eigenvalue weighted by Gasteiger charge is -2.40. The summed E-state index contributed by atoms with van der Waals surface area (Å²) in [5.41, 5.74) is 0.832. The summed E-state index contributed by atoms with van der Waals surface area (Å²) in [6.07, 6.45) is 1.79. The molecule has 2 fully saturated rings. The molecule has 0 radical (unpaired) electrons. The van der Waals surface area contributed by atoms with Gasteiger partial charge in [0.1, 0.15) is 5.54 Å². The molecule has 3 rings (SSSR count). The lowest BCUT2D eigenvalue weighted by Crippen LogP contribution is -2.55. The zero-order valence-corrected chi connectivity index (χ0v) is 10.7. The van der Waals surface area contributed by atoms with Crippen molar-refractivity contribution in [3.8, 4) is 0 Å². The number of carbonyl (C=O) groups is 1. The molecule has 4 nitrogen and oxygen atoms in total. The van der Waals surface area contributed by atoms with Crippen molar-refractivity contribution < 1.29 is 4.79 Å². The predicted molar refractivity (Wildman–Crippen MR) is 71.4 cm³/mol. The van der Waals surface area contributed by atoms with Crippen molar-refractivity contribution in [2.24, 2.45) is 0 Å². The first-order valence-electron chi connectivity index (χ1n) is 6.53. The minimum atomic E-state index is -0.318. The number of nitrogens with zero attached hydrogens (tertiary/aromatic N) is 2. The second kappa shape index (κ2) is 4.28. The maximum Gasteiger partial charge on any atom is 0.249 e. The summed E-state index contributed by atoms with van der Waals surface area (Å²) < 4.78 is 0. The van der Waals surface area contributed by atoms with Gasteiger partial charge < -0.3 is 15.1 Å². The third-order valence-corrected chi connectivity index (χ3v) is 4.11. The SMILES string of the molecule is CN1CN(c2ccccc2)C2(CCNCC2)C1=O. The molecule has 2 saturated heterocycles. The van der Waals surface area contributed by atoms with E-state index in [9.17, 15) is 4.79 Å². The quantitative estimate of drug-likeness (QED) is 0.803. The Morgan fingerprint density at radius 1 is 1.17 bits per heavy atom. The van der Waals surface area contributed by atoms with Crippen LogP contribution < -0.4 is 10.2 Å². The normalized spacial score (nSPS) is 22.8. The molecule has 2 aliphatic rings. The van der Waals surface area contributed by atoms with E-state index in [0.29, 0.717) is 6.67 Å². The van der Waals surface area contributed by atoms with E-state index in [1.54, 1.807) is 0 Å². The van der Waals surface area contributed by atoms with Gasteiger partial charge in [0.15, 0.2) is 0 Å². The van der Waals surface area contributed by atoms with E-state index in [-0.39, 0.29) is 11.4 Å². The van der Waals surface area contributed by atoms with Crippen molar-refractivity contribution >= 4 is 11.6 Å². The maximum atomic E-state index is 12.5. The molecular formula is C14H19N3O. The van der Waals surface area contributed by atoms with Crippen LogP contribution in [0.3, 0.4) is 0 Å². The van der Waals surface area contributed by atoms with Crippen molar-refractivity contribution in [1.29, 1.82) is 0 Å². The molecule has 1 N–H and O–H groups in total. The highest BCUT2D eigenvalue weighted by atomic mass is 16.2. The van der Waals surface area contributed by atoms with E-state index in [1.165, 1.54) is 0 Å². The molecule has 96 valence electrons. The van der Waals surface area contributed by atoms with Gasteiger partial charge in [0.05, 0.1) is 6.67 Å². The molecule has 0 bridgehead atoms. The Labute approximate surface area is 108 Å². The van der Waals surface area contributed by atoms with E-state index in [1.807, 2.05) is 30.1 Å². The Kier molecular flexibility index (Phi) is 2.74. The van der Waals surface area contributed by atoms with Crippen LogP contribution in [-0.2, 0) is 4.79 Å². The van der Waals surface area contributed by atoms with Crippen LogP contribution in [0.2, 0.25) is 0 Å². The molecule has 1 aromatic carbocycles. The number of likely N-dealkylation sites (N-methyl/N-ethyl adjacent to an activating group) is 1. The zero-order chi connectivity index (χ0) is 12.6. The van der Waals surface area contributed by atoms with Gasteiger partial charge in [0.2, 0.25) is 5.91 Å². The van der Waals surface area contributed by atoms with Gasteiger partial charge in [0, 0.05) is 12.7 Å². The Balaban J connectivity index is 1.99. The minimum Gasteiger partial charge on any atom is -0.339 e. The number of para-hydroxylation sites is 1. The van der Waals surface area contributed by atoms with Crippen LogP contribution in [0.5, 0.6) is 0 Å². The fourth-order valence-corrected chi connectivity index (χ4v) is 3.14. The largest absolute Gasteiger partial charge is 0.339 e. The van der Waals surface area contributed by atoms with Gasteiger partial charge >= 0.3 is 0 Å². The van der Waals surface area contributed by atoms with Gasteiger partial charge in [-0.15, -0.1) is 0 Å². The first kappa shape index (κ1) is 11.5. The zero-order valence-electron chi connectivity index (χ0n) is 10.7. The summed E-state index contributed by atoms with van der Waals surface area (Å²) in [5, 5.41) is 3.35. The van der Waals surface area contributed by atoms with E-state index in [2.05, 4.69) is 22.3 Å². The maximum absolute atomic E-state index is 12.5. The van der Waals surface area contributed by atoms with Crippen LogP contribution in [0.25, 0.3) is 0 Å². The van der Waals surface area contributed by atoms with E-state index < -0.39 is 0 Å². The first-order valence-corrected chi connectivity index (χ1v) is 6.53. The van der Waals surface area contributed by atoms with Gasteiger partial charge in [-0.1, -0.05) is 18.2 Å². The molecule has 1 spiro atoms. The molecule has 1 aromatic rings. The standard InChI is InChI=1S/C14H19N3O/c1-16-11-17(12-5-3-2-4-6-12)14(13(16)18)7-9-15-10-8-14/h2-6,15H,7-11H2,1H3. The highest BCUT2D eigenvalue weighted by Gasteiger charge is 2.51. The summed E-state index contributed by atoms with van der Waals surface area (Å²) in [6, 6.07) is 10.3. The fraction of sp³-hybridized carbons (Fsp3) is 0.500. The fourth-order valence-electron chi connectivity index (χ4n) is 3.14. The molecule has 0 atom stereocenters. The van der Waals surface area contributed by atoms with Crippen LogP contribution in [0, 0.1) is 0 Å². The smallest absolute Gasteiger partial charge is 0.249 e. The van der Waals surface area contributed by atoms with Crippen LogP contribution in [0.15, 0.2) is 30.3 Å². The number of benzene rings is 1. The molecule has 0 saturated carbocycles. The van der Waals surface area contributed by atoms with Crippen molar-refractivity contribution in [1.82, 2.24) is 10.2 Å². The highest BCUT2D eigenvalue weighted by molar-refractivity contribution is 5.93. The summed E-state index contributed by atoms with van der Waals surface area (Å²) >= 11 is 0. The molecule has 1 amide bonds. The Hall–Kier alpha value is -1.55. The van der Waals surface area contributed by atoms with E-state index >= 15 is 0 Å².